The maximum absolute atomic E-state index is 15.6. The fourth-order valence-electron chi connectivity index (χ4n) is 4.85. The molecule has 32 heavy (non-hydrogen) atoms. The molecule has 8 nitrogen and oxygen atoms in total. The van der Waals surface area contributed by atoms with E-state index >= 15 is 4.39 Å². The molecule has 9 heteroatoms. The molecule has 1 amide bonds. The number of nitrogens with zero attached hydrogens (tertiary/aromatic N) is 4. The number of nitrogens with one attached hydrogen (secondary N) is 1. The number of halogens is 1. The van der Waals surface area contributed by atoms with Crippen LogP contribution in [-0.4, -0.2) is 43.4 Å². The van der Waals surface area contributed by atoms with Crippen molar-refractivity contribution in [1.82, 2.24) is 19.2 Å². The van der Waals surface area contributed by atoms with Gasteiger partial charge in [-0.2, -0.15) is 9.49 Å². The predicted molar refractivity (Wildman–Crippen MR) is 117 cm³/mol. The predicted octanol–water partition coefficient (Wildman–Crippen LogP) is 4.11. The van der Waals surface area contributed by atoms with E-state index in [4.69, 9.17) is 9.47 Å². The van der Waals surface area contributed by atoms with Gasteiger partial charge in [0.05, 0.1) is 24.0 Å². The number of carbonyl (C=O) groups excluding carboxylic acids is 1. The third-order valence-electron chi connectivity index (χ3n) is 6.28. The van der Waals surface area contributed by atoms with Crippen molar-refractivity contribution in [2.24, 2.45) is 0 Å². The molecule has 0 atom stereocenters. The summed E-state index contributed by atoms with van der Waals surface area (Å²) >= 11 is 0. The summed E-state index contributed by atoms with van der Waals surface area (Å²) in [5.74, 6) is -1.07. The standard InChI is InChI=1S/C23H28FN5O3/c1-13(2)29-7-6-15(27-29)21(30)25-16-8-28-9-17(23-10-22(5,11-23)31-12-23)26-20(28)18(24)19(16)32-14(3)4/h6-9,13-14H,10-12H2,1-5H3,(H,25,30). The van der Waals surface area contributed by atoms with Gasteiger partial charge in [0.25, 0.3) is 5.91 Å². The van der Waals surface area contributed by atoms with E-state index in [1.54, 1.807) is 41.4 Å². The molecule has 2 aliphatic heterocycles. The number of imidazole rings is 1. The number of anilines is 1. The van der Waals surface area contributed by atoms with Crippen LogP contribution in [0.15, 0.2) is 24.7 Å². The summed E-state index contributed by atoms with van der Waals surface area (Å²) < 4.78 is 30.5. The Labute approximate surface area is 185 Å². The zero-order valence-electron chi connectivity index (χ0n) is 19.0. The minimum absolute atomic E-state index is 0.0279. The van der Waals surface area contributed by atoms with Gasteiger partial charge in [-0.3, -0.25) is 9.48 Å². The first kappa shape index (κ1) is 20.9. The van der Waals surface area contributed by atoms with Crippen LogP contribution < -0.4 is 10.1 Å². The van der Waals surface area contributed by atoms with Crippen LogP contribution in [0.5, 0.6) is 5.75 Å². The second-order valence-corrected chi connectivity index (χ2v) is 9.81. The van der Waals surface area contributed by atoms with Crippen molar-refractivity contribution in [3.63, 3.8) is 0 Å². The molecule has 1 aliphatic carbocycles. The van der Waals surface area contributed by atoms with Crippen molar-refractivity contribution in [3.05, 3.63) is 41.9 Å². The first-order valence-electron chi connectivity index (χ1n) is 11.0. The van der Waals surface area contributed by atoms with Crippen molar-refractivity contribution in [1.29, 1.82) is 0 Å². The molecule has 3 aromatic rings. The Kier molecular flexibility index (Phi) is 4.60. The van der Waals surface area contributed by atoms with Gasteiger partial charge in [-0.05, 0) is 53.5 Å². The van der Waals surface area contributed by atoms with E-state index in [1.807, 2.05) is 20.0 Å². The summed E-state index contributed by atoms with van der Waals surface area (Å²) in [6.07, 6.45) is 6.69. The number of ether oxygens (including phenoxy) is 2. The Morgan fingerprint density at radius 1 is 1.28 bits per heavy atom. The fourth-order valence-corrected chi connectivity index (χ4v) is 4.85. The molecule has 0 unspecified atom stereocenters. The SMILES string of the molecule is CC(C)Oc1c(NC(=O)c2ccn(C(C)C)n2)cn2cc(C34COC(C)(C3)C4)nc2c1F. The molecular weight excluding hydrogens is 413 g/mol. The Morgan fingerprint density at radius 3 is 2.62 bits per heavy atom. The number of carbonyl (C=O) groups is 1. The van der Waals surface area contributed by atoms with Gasteiger partial charge < -0.3 is 19.2 Å². The first-order valence-corrected chi connectivity index (χ1v) is 11.0. The number of fused-ring (bicyclic) bond motifs is 2. The lowest BCUT2D eigenvalue weighted by atomic mass is 9.62. The normalized spacial score (nSPS) is 24.4. The average Bonchev–Trinajstić information content (AvgIpc) is 3.45. The summed E-state index contributed by atoms with van der Waals surface area (Å²) in [5.41, 5.74) is 1.19. The molecule has 6 rings (SSSR count). The number of aromatic nitrogens is 4. The van der Waals surface area contributed by atoms with Crippen LogP contribution in [0.1, 0.15) is 69.7 Å². The van der Waals surface area contributed by atoms with Crippen LogP contribution in [0.4, 0.5) is 10.1 Å². The Hall–Kier alpha value is -2.94. The van der Waals surface area contributed by atoms with Crippen LogP contribution in [0, 0.1) is 5.82 Å². The Morgan fingerprint density at radius 2 is 2.03 bits per heavy atom. The van der Waals surface area contributed by atoms with Gasteiger partial charge in [-0.25, -0.2) is 4.98 Å². The van der Waals surface area contributed by atoms with Gasteiger partial charge in [0.2, 0.25) is 5.82 Å². The van der Waals surface area contributed by atoms with E-state index in [1.165, 1.54) is 0 Å². The third-order valence-corrected chi connectivity index (χ3v) is 6.28. The smallest absolute Gasteiger partial charge is 0.276 e. The largest absolute Gasteiger partial charge is 0.486 e. The van der Waals surface area contributed by atoms with Gasteiger partial charge in [0, 0.05) is 30.0 Å². The molecule has 170 valence electrons. The number of hydrogen-bond acceptors (Lipinski definition) is 5. The number of rotatable bonds is 6. The maximum Gasteiger partial charge on any atom is 0.276 e. The highest BCUT2D eigenvalue weighted by atomic mass is 19.1. The number of pyridine rings is 1. The van der Waals surface area contributed by atoms with Gasteiger partial charge in [0.1, 0.15) is 5.69 Å². The molecule has 3 fully saturated rings. The van der Waals surface area contributed by atoms with Gasteiger partial charge in [0.15, 0.2) is 17.1 Å². The van der Waals surface area contributed by atoms with Crippen LogP contribution in [0.2, 0.25) is 0 Å². The van der Waals surface area contributed by atoms with Crippen LogP contribution in [0.3, 0.4) is 0 Å². The monoisotopic (exact) mass is 441 g/mol. The van der Waals surface area contributed by atoms with Gasteiger partial charge in [-0.1, -0.05) is 0 Å². The number of hydrogen-bond donors (Lipinski definition) is 1. The molecule has 0 spiro atoms. The van der Waals surface area contributed by atoms with E-state index in [-0.39, 0.29) is 45.9 Å². The second kappa shape index (κ2) is 7.03. The van der Waals surface area contributed by atoms with Crippen molar-refractivity contribution < 1.29 is 18.7 Å². The minimum atomic E-state index is -0.604. The fraction of sp³-hybridized carbons (Fsp3) is 0.522. The van der Waals surface area contributed by atoms with E-state index in [2.05, 4.69) is 22.3 Å². The summed E-state index contributed by atoms with van der Waals surface area (Å²) in [5, 5.41) is 7.06. The summed E-state index contributed by atoms with van der Waals surface area (Å²) in [6.45, 7) is 10.2. The van der Waals surface area contributed by atoms with Crippen molar-refractivity contribution in [2.45, 2.75) is 70.6 Å². The summed E-state index contributed by atoms with van der Waals surface area (Å²) in [4.78, 5) is 17.4. The van der Waals surface area contributed by atoms with E-state index < -0.39 is 11.7 Å². The topological polar surface area (TPSA) is 82.7 Å². The molecule has 2 bridgehead atoms. The van der Waals surface area contributed by atoms with Gasteiger partial charge in [-0.15, -0.1) is 0 Å². The van der Waals surface area contributed by atoms with E-state index in [9.17, 15) is 4.79 Å². The third kappa shape index (κ3) is 3.26. The summed E-state index contributed by atoms with van der Waals surface area (Å²) in [6, 6.07) is 1.76. The van der Waals surface area contributed by atoms with Crippen LogP contribution >= 0.6 is 0 Å². The molecule has 2 saturated heterocycles. The number of amides is 1. The molecule has 1 saturated carbocycles. The van der Waals surface area contributed by atoms with Crippen molar-refractivity contribution in [3.8, 4) is 5.75 Å². The Balaban J connectivity index is 1.52. The van der Waals surface area contributed by atoms with Crippen LogP contribution in [0.25, 0.3) is 5.65 Å². The highest BCUT2D eigenvalue weighted by Gasteiger charge is 2.61. The zero-order valence-corrected chi connectivity index (χ0v) is 19.0. The lowest BCUT2D eigenvalue weighted by Crippen LogP contribution is -2.45. The Bertz CT molecular complexity index is 1210. The second-order valence-electron chi connectivity index (χ2n) is 9.81. The molecule has 1 N–H and O–H groups in total. The molecule has 0 radical (unpaired) electrons. The lowest BCUT2D eigenvalue weighted by Gasteiger charge is -2.41. The minimum Gasteiger partial charge on any atom is -0.486 e. The molecule has 0 aromatic carbocycles. The molecule has 3 aromatic heterocycles. The highest BCUT2D eigenvalue weighted by molar-refractivity contribution is 6.03. The molecular formula is C23H28FN5O3. The zero-order chi connectivity index (χ0) is 22.8. The summed E-state index contributed by atoms with van der Waals surface area (Å²) in [7, 11) is 0. The molecule has 3 aliphatic rings. The quantitative estimate of drug-likeness (QED) is 0.623. The highest BCUT2D eigenvalue weighted by Crippen LogP contribution is 2.58. The van der Waals surface area contributed by atoms with Crippen molar-refractivity contribution >= 4 is 17.2 Å². The first-order chi connectivity index (χ1) is 15.1. The van der Waals surface area contributed by atoms with Crippen LogP contribution in [-0.2, 0) is 10.2 Å². The molecule has 5 heterocycles. The lowest BCUT2D eigenvalue weighted by molar-refractivity contribution is 0.0154. The van der Waals surface area contributed by atoms with E-state index in [0.29, 0.717) is 6.61 Å². The van der Waals surface area contributed by atoms with Crippen molar-refractivity contribution in [2.75, 3.05) is 11.9 Å². The maximum atomic E-state index is 15.6. The average molecular weight is 442 g/mol. The van der Waals surface area contributed by atoms with E-state index in [0.717, 1.165) is 18.5 Å². The van der Waals surface area contributed by atoms with Gasteiger partial charge >= 0.3 is 0 Å².